The van der Waals surface area contributed by atoms with Gasteiger partial charge in [-0.15, -0.1) is 10.2 Å². The number of aromatic nitrogens is 5. The molecule has 2 saturated heterocycles. The van der Waals surface area contributed by atoms with Crippen LogP contribution < -0.4 is 25.6 Å². The van der Waals surface area contributed by atoms with Gasteiger partial charge < -0.3 is 29.7 Å². The molecule has 3 aliphatic rings. The van der Waals surface area contributed by atoms with Gasteiger partial charge in [-0.1, -0.05) is 18.2 Å². The van der Waals surface area contributed by atoms with Crippen molar-refractivity contribution in [3.05, 3.63) is 113 Å². The fraction of sp³-hybridized carbons (Fsp3) is 0.364. The van der Waals surface area contributed by atoms with Gasteiger partial charge in [0.05, 0.1) is 19.2 Å². The third-order valence-corrected chi connectivity index (χ3v) is 11.4. The Hall–Kier alpha value is -6.68. The van der Waals surface area contributed by atoms with Gasteiger partial charge in [0.15, 0.2) is 11.6 Å². The molecule has 2 atom stereocenters. The van der Waals surface area contributed by atoms with E-state index in [1.165, 1.54) is 6.33 Å². The van der Waals surface area contributed by atoms with Gasteiger partial charge in [0.2, 0.25) is 11.8 Å². The predicted molar refractivity (Wildman–Crippen MR) is 224 cm³/mol. The Bertz CT molecular complexity index is 2360. The van der Waals surface area contributed by atoms with E-state index in [4.69, 9.17) is 4.74 Å². The van der Waals surface area contributed by atoms with Gasteiger partial charge in [-0.25, -0.2) is 9.97 Å². The molecule has 3 N–H and O–H groups in total. The van der Waals surface area contributed by atoms with Crippen LogP contribution in [0.3, 0.4) is 0 Å². The van der Waals surface area contributed by atoms with Crippen LogP contribution in [0.5, 0.6) is 5.75 Å². The smallest absolute Gasteiger partial charge is 0.255 e. The standard InChI is InChI=1S/C44H49N11O5/c1-29(48-42(57)31-8-5-9-33(23-31)46-26-39-50-51-41(52(39)2)37-15-16-45-28-47-37)30-7-6-10-35(25-30)60-22-4-3-17-53-18-20-54(21-19-53)34-11-12-36-32(24-34)27-55(44(36)59)38-13-14-40(56)49-43(38)58/h5-12,15-16,23-25,28-29,38,46H,3-4,13-14,17-22,26-27H2,1-2H3,(H,48,57)(H,49,56,58). The molecule has 0 saturated carbocycles. The fourth-order valence-electron chi connectivity index (χ4n) is 7.96. The summed E-state index contributed by atoms with van der Waals surface area (Å²) in [6.45, 7) is 8.02. The molecule has 2 unspecified atom stereocenters. The topological polar surface area (TPSA) is 180 Å². The van der Waals surface area contributed by atoms with Crippen LogP contribution in [-0.2, 0) is 29.7 Å². The number of unbranched alkanes of at least 4 members (excludes halogenated alkanes) is 1. The van der Waals surface area contributed by atoms with Crippen molar-refractivity contribution in [2.75, 3.05) is 49.5 Å². The van der Waals surface area contributed by atoms with E-state index in [0.29, 0.717) is 48.8 Å². The van der Waals surface area contributed by atoms with Crippen LogP contribution in [-0.4, -0.2) is 104 Å². The summed E-state index contributed by atoms with van der Waals surface area (Å²) in [6, 6.07) is 22.1. The minimum Gasteiger partial charge on any atom is -0.494 e. The molecule has 0 spiro atoms. The quantitative estimate of drug-likeness (QED) is 0.102. The lowest BCUT2D eigenvalue weighted by Crippen LogP contribution is -2.52. The average molecular weight is 812 g/mol. The van der Waals surface area contributed by atoms with E-state index in [2.05, 4.69) is 52.0 Å². The lowest BCUT2D eigenvalue weighted by molar-refractivity contribution is -0.136. The van der Waals surface area contributed by atoms with E-state index >= 15 is 0 Å². The molecular weight excluding hydrogens is 763 g/mol. The minimum atomic E-state index is -0.608. The van der Waals surface area contributed by atoms with Crippen molar-refractivity contribution in [3.63, 3.8) is 0 Å². The van der Waals surface area contributed by atoms with E-state index in [1.54, 1.807) is 23.2 Å². The van der Waals surface area contributed by atoms with Crippen molar-refractivity contribution in [2.24, 2.45) is 7.05 Å². The summed E-state index contributed by atoms with van der Waals surface area (Å²) < 4.78 is 8.01. The fourth-order valence-corrected chi connectivity index (χ4v) is 7.96. The van der Waals surface area contributed by atoms with Crippen LogP contribution in [0.1, 0.15) is 76.3 Å². The summed E-state index contributed by atoms with van der Waals surface area (Å²) in [5.74, 6) is 1.14. The molecule has 310 valence electrons. The Balaban J connectivity index is 0.744. The third kappa shape index (κ3) is 9.13. The summed E-state index contributed by atoms with van der Waals surface area (Å²) in [7, 11) is 1.89. The number of anilines is 2. The Kier molecular flexibility index (Phi) is 12.1. The van der Waals surface area contributed by atoms with Crippen molar-refractivity contribution in [2.45, 2.75) is 57.8 Å². The van der Waals surface area contributed by atoms with E-state index in [0.717, 1.165) is 79.6 Å². The molecule has 5 heterocycles. The second kappa shape index (κ2) is 18.1. The Morgan fingerprint density at radius 2 is 1.82 bits per heavy atom. The highest BCUT2D eigenvalue weighted by molar-refractivity contribution is 6.05. The van der Waals surface area contributed by atoms with Gasteiger partial charge >= 0.3 is 0 Å². The number of carbonyl (C=O) groups is 4. The van der Waals surface area contributed by atoms with Crippen LogP contribution >= 0.6 is 0 Å². The molecule has 16 heteroatoms. The van der Waals surface area contributed by atoms with Crippen LogP contribution in [0.4, 0.5) is 11.4 Å². The normalized spacial score (nSPS) is 17.3. The Labute approximate surface area is 348 Å². The molecule has 2 fully saturated rings. The van der Waals surface area contributed by atoms with Crippen LogP contribution in [0.25, 0.3) is 11.5 Å². The molecule has 4 amide bonds. The number of ether oxygens (including phenoxy) is 1. The first kappa shape index (κ1) is 40.1. The number of carbonyl (C=O) groups excluding carboxylic acids is 4. The van der Waals surface area contributed by atoms with Crippen LogP contribution in [0, 0.1) is 0 Å². The molecule has 3 aromatic carbocycles. The zero-order chi connectivity index (χ0) is 41.6. The van der Waals surface area contributed by atoms with Gasteiger partial charge in [-0.3, -0.25) is 29.4 Å². The molecule has 3 aliphatic heterocycles. The van der Waals surface area contributed by atoms with Gasteiger partial charge in [-0.05, 0) is 98.5 Å². The largest absolute Gasteiger partial charge is 0.494 e. The number of hydrogen-bond acceptors (Lipinski definition) is 12. The molecule has 0 bridgehead atoms. The number of nitrogens with zero attached hydrogens (tertiary/aromatic N) is 8. The molecule has 60 heavy (non-hydrogen) atoms. The van der Waals surface area contributed by atoms with Crippen molar-refractivity contribution >= 4 is 35.0 Å². The second-order valence-electron chi connectivity index (χ2n) is 15.4. The second-order valence-corrected chi connectivity index (χ2v) is 15.4. The number of piperazine rings is 1. The van der Waals surface area contributed by atoms with Gasteiger partial charge in [0.1, 0.15) is 23.8 Å². The first-order chi connectivity index (χ1) is 29.2. The SMILES string of the molecule is CC(NC(=O)c1cccc(NCc2nnc(-c3ccncn3)n2C)c1)c1cccc(OCCCCN2CCN(c3ccc4c(c3)CN(C3CCC(=O)NC3=O)C4=O)CC2)c1. The lowest BCUT2D eigenvalue weighted by atomic mass is 10.0. The van der Waals surface area contributed by atoms with E-state index < -0.39 is 11.9 Å². The summed E-state index contributed by atoms with van der Waals surface area (Å²) in [6.07, 6.45) is 5.68. The zero-order valence-electron chi connectivity index (χ0n) is 33.8. The number of piperidine rings is 1. The summed E-state index contributed by atoms with van der Waals surface area (Å²) >= 11 is 0. The van der Waals surface area contributed by atoms with Crippen molar-refractivity contribution in [3.8, 4) is 17.3 Å². The highest BCUT2D eigenvalue weighted by atomic mass is 16.5. The number of amides is 4. The predicted octanol–water partition coefficient (Wildman–Crippen LogP) is 4.12. The first-order valence-corrected chi connectivity index (χ1v) is 20.5. The van der Waals surface area contributed by atoms with E-state index in [-0.39, 0.29) is 30.2 Å². The minimum absolute atomic E-state index is 0.148. The Morgan fingerprint density at radius 1 is 0.967 bits per heavy atom. The van der Waals surface area contributed by atoms with E-state index in [1.807, 2.05) is 73.1 Å². The highest BCUT2D eigenvalue weighted by Crippen LogP contribution is 2.31. The summed E-state index contributed by atoms with van der Waals surface area (Å²) in [4.78, 5) is 65.1. The van der Waals surface area contributed by atoms with Gasteiger partial charge in [0.25, 0.3) is 11.8 Å². The lowest BCUT2D eigenvalue weighted by Gasteiger charge is -2.36. The molecule has 2 aromatic heterocycles. The number of rotatable bonds is 15. The zero-order valence-corrected chi connectivity index (χ0v) is 33.8. The maximum absolute atomic E-state index is 13.3. The number of nitrogens with one attached hydrogen (secondary N) is 3. The molecule has 0 aliphatic carbocycles. The van der Waals surface area contributed by atoms with Crippen molar-refractivity contribution < 1.29 is 23.9 Å². The number of hydrogen-bond donors (Lipinski definition) is 3. The maximum atomic E-state index is 13.3. The van der Waals surface area contributed by atoms with Crippen LogP contribution in [0.2, 0.25) is 0 Å². The first-order valence-electron chi connectivity index (χ1n) is 20.5. The summed E-state index contributed by atoms with van der Waals surface area (Å²) in [5.41, 5.74) is 5.62. The highest BCUT2D eigenvalue weighted by Gasteiger charge is 2.39. The molecule has 16 nitrogen and oxygen atoms in total. The van der Waals surface area contributed by atoms with Gasteiger partial charge in [-0.2, -0.15) is 0 Å². The molecule has 0 radical (unpaired) electrons. The van der Waals surface area contributed by atoms with Crippen molar-refractivity contribution in [1.82, 2.24) is 45.2 Å². The van der Waals surface area contributed by atoms with Crippen LogP contribution in [0.15, 0.2) is 85.3 Å². The summed E-state index contributed by atoms with van der Waals surface area (Å²) in [5, 5.41) is 17.4. The monoisotopic (exact) mass is 811 g/mol. The molecular formula is C44H49N11O5. The molecule has 5 aromatic rings. The molecule has 8 rings (SSSR count). The Morgan fingerprint density at radius 3 is 2.63 bits per heavy atom. The van der Waals surface area contributed by atoms with Crippen molar-refractivity contribution in [1.29, 1.82) is 0 Å². The number of imide groups is 1. The average Bonchev–Trinajstić information content (AvgIpc) is 3.81. The maximum Gasteiger partial charge on any atom is 0.255 e. The van der Waals surface area contributed by atoms with E-state index in [9.17, 15) is 19.2 Å². The third-order valence-electron chi connectivity index (χ3n) is 11.4. The number of fused-ring (bicyclic) bond motifs is 1. The number of benzene rings is 3. The van der Waals surface area contributed by atoms with Gasteiger partial charge in [0, 0.05) is 74.9 Å².